The zero-order valence-electron chi connectivity index (χ0n) is 10.5. The number of anilines is 1. The third-order valence-corrected chi connectivity index (χ3v) is 2.82. The number of rotatable bonds is 2. The Bertz CT molecular complexity index is 812. The third kappa shape index (κ3) is 1.77. The maximum Gasteiger partial charge on any atom is 0.353 e. The van der Waals surface area contributed by atoms with E-state index in [0.717, 1.165) is 0 Å². The molecule has 8 nitrogen and oxygen atoms in total. The third-order valence-electron chi connectivity index (χ3n) is 2.82. The van der Waals surface area contributed by atoms with E-state index in [1.807, 2.05) is 0 Å². The summed E-state index contributed by atoms with van der Waals surface area (Å²) in [5.74, 6) is 1.35. The smallest absolute Gasteiger partial charge is 0.353 e. The lowest BCUT2D eigenvalue weighted by molar-refractivity contribution is 0.491. The number of nitrogens with zero attached hydrogens (tertiary/aromatic N) is 5. The number of aromatic nitrogens is 5. The van der Waals surface area contributed by atoms with Crippen molar-refractivity contribution >= 4 is 11.6 Å². The van der Waals surface area contributed by atoms with Gasteiger partial charge in [-0.3, -0.25) is 0 Å². The van der Waals surface area contributed by atoms with Crippen LogP contribution in [0.2, 0.25) is 0 Å². The van der Waals surface area contributed by atoms with Crippen molar-refractivity contribution in [3.63, 3.8) is 0 Å². The van der Waals surface area contributed by atoms with Gasteiger partial charge < -0.3 is 10.2 Å². The Balaban J connectivity index is 2.12. The summed E-state index contributed by atoms with van der Waals surface area (Å²) < 4.78 is 7.87. The molecule has 0 unspecified atom stereocenters. The number of aryl methyl sites for hydroxylation is 2. The van der Waals surface area contributed by atoms with Crippen molar-refractivity contribution in [2.45, 2.75) is 20.4 Å². The highest BCUT2D eigenvalue weighted by Crippen LogP contribution is 2.10. The Kier molecular flexibility index (Phi) is 2.37. The van der Waals surface area contributed by atoms with E-state index in [2.05, 4.69) is 15.1 Å². The van der Waals surface area contributed by atoms with Gasteiger partial charge in [-0.1, -0.05) is 0 Å². The fourth-order valence-electron chi connectivity index (χ4n) is 1.95. The number of hydrogen-bond donors (Lipinski definition) is 1. The van der Waals surface area contributed by atoms with Crippen molar-refractivity contribution < 1.29 is 4.42 Å². The van der Waals surface area contributed by atoms with Crippen molar-refractivity contribution in [1.82, 2.24) is 24.1 Å². The van der Waals surface area contributed by atoms with Crippen LogP contribution < -0.4 is 11.4 Å². The molecule has 0 aromatic carbocycles. The minimum atomic E-state index is -0.347. The molecule has 0 fully saturated rings. The molecular formula is C11H12N6O2. The van der Waals surface area contributed by atoms with E-state index >= 15 is 0 Å². The minimum absolute atomic E-state index is 0.113. The maximum absolute atomic E-state index is 12.2. The van der Waals surface area contributed by atoms with Gasteiger partial charge >= 0.3 is 5.69 Å². The van der Waals surface area contributed by atoms with Crippen LogP contribution >= 0.6 is 0 Å². The van der Waals surface area contributed by atoms with Crippen LogP contribution in [0, 0.1) is 13.8 Å². The second kappa shape index (κ2) is 3.94. The van der Waals surface area contributed by atoms with Crippen LogP contribution in [0.5, 0.6) is 0 Å². The first kappa shape index (κ1) is 11.5. The highest BCUT2D eigenvalue weighted by Gasteiger charge is 2.13. The summed E-state index contributed by atoms with van der Waals surface area (Å²) in [6.45, 7) is 3.79. The summed E-state index contributed by atoms with van der Waals surface area (Å²) in [5, 5.41) is 4.18. The van der Waals surface area contributed by atoms with Crippen LogP contribution in [0.4, 0.5) is 5.95 Å². The highest BCUT2D eigenvalue weighted by atomic mass is 16.4. The molecule has 0 saturated carbocycles. The van der Waals surface area contributed by atoms with Gasteiger partial charge in [-0.05, 0) is 6.92 Å². The summed E-state index contributed by atoms with van der Waals surface area (Å²) in [6.07, 6.45) is 1.51. The van der Waals surface area contributed by atoms with Crippen molar-refractivity contribution in [3.8, 4) is 0 Å². The first-order chi connectivity index (χ1) is 9.06. The largest absolute Gasteiger partial charge is 0.446 e. The number of oxazole rings is 1. The summed E-state index contributed by atoms with van der Waals surface area (Å²) in [4.78, 5) is 20.2. The molecule has 3 rings (SSSR count). The highest BCUT2D eigenvalue weighted by molar-refractivity contribution is 5.41. The molecule has 98 valence electrons. The van der Waals surface area contributed by atoms with Crippen LogP contribution in [0.1, 0.15) is 17.3 Å². The lowest BCUT2D eigenvalue weighted by Crippen LogP contribution is -2.23. The van der Waals surface area contributed by atoms with Gasteiger partial charge in [0.05, 0.1) is 6.54 Å². The van der Waals surface area contributed by atoms with Gasteiger partial charge in [0.2, 0.25) is 5.95 Å². The number of nitrogen functional groups attached to an aromatic ring is 1. The zero-order valence-corrected chi connectivity index (χ0v) is 10.5. The number of nitrogens with two attached hydrogens (primary N) is 1. The van der Waals surface area contributed by atoms with E-state index in [-0.39, 0.29) is 18.2 Å². The SMILES string of the molecule is Cc1nc(Cn2nc3ccnc(N)n3c2=O)c(C)o1. The molecule has 3 heterocycles. The van der Waals surface area contributed by atoms with Crippen LogP contribution in [0.15, 0.2) is 21.5 Å². The first-order valence-corrected chi connectivity index (χ1v) is 5.69. The molecule has 0 bridgehead atoms. The molecule has 0 atom stereocenters. The van der Waals surface area contributed by atoms with Crippen LogP contribution in [-0.2, 0) is 6.54 Å². The second-order valence-electron chi connectivity index (χ2n) is 4.17. The Morgan fingerprint density at radius 1 is 1.42 bits per heavy atom. The fraction of sp³-hybridized carbons (Fsp3) is 0.273. The first-order valence-electron chi connectivity index (χ1n) is 5.69. The van der Waals surface area contributed by atoms with Crippen LogP contribution in [0.3, 0.4) is 0 Å². The van der Waals surface area contributed by atoms with Crippen molar-refractivity contribution in [1.29, 1.82) is 0 Å². The molecule has 0 aliphatic carbocycles. The molecule has 0 saturated heterocycles. The Morgan fingerprint density at radius 3 is 2.84 bits per heavy atom. The molecule has 3 aromatic rings. The quantitative estimate of drug-likeness (QED) is 0.702. The Morgan fingerprint density at radius 2 is 2.21 bits per heavy atom. The number of fused-ring (bicyclic) bond motifs is 1. The van der Waals surface area contributed by atoms with Gasteiger partial charge in [0.15, 0.2) is 11.5 Å². The lowest BCUT2D eigenvalue weighted by atomic mass is 10.4. The van der Waals surface area contributed by atoms with E-state index in [1.165, 1.54) is 15.3 Å². The van der Waals surface area contributed by atoms with E-state index in [0.29, 0.717) is 23.0 Å². The van der Waals surface area contributed by atoms with Crippen LogP contribution in [0.25, 0.3) is 5.65 Å². The molecule has 0 spiro atoms. The summed E-state index contributed by atoms with van der Waals surface area (Å²) in [7, 11) is 0. The topological polar surface area (TPSA) is 104 Å². The lowest BCUT2D eigenvalue weighted by Gasteiger charge is -1.95. The van der Waals surface area contributed by atoms with Crippen molar-refractivity contribution in [3.05, 3.63) is 40.1 Å². The molecule has 0 aliphatic rings. The number of hydrogen-bond acceptors (Lipinski definition) is 6. The maximum atomic E-state index is 12.2. The van der Waals surface area contributed by atoms with Gasteiger partial charge in [0, 0.05) is 19.2 Å². The summed E-state index contributed by atoms with van der Waals surface area (Å²) >= 11 is 0. The molecule has 2 N–H and O–H groups in total. The molecule has 0 aliphatic heterocycles. The van der Waals surface area contributed by atoms with Gasteiger partial charge in [0.25, 0.3) is 0 Å². The van der Waals surface area contributed by atoms with Gasteiger partial charge in [-0.15, -0.1) is 5.10 Å². The van der Waals surface area contributed by atoms with E-state index in [4.69, 9.17) is 10.2 Å². The predicted octanol–water partition coefficient (Wildman–Crippen LogP) is 0.126. The molecule has 19 heavy (non-hydrogen) atoms. The van der Waals surface area contributed by atoms with Gasteiger partial charge in [-0.25, -0.2) is 23.8 Å². The Labute approximate surface area is 107 Å². The monoisotopic (exact) mass is 260 g/mol. The van der Waals surface area contributed by atoms with E-state index in [1.54, 1.807) is 19.9 Å². The van der Waals surface area contributed by atoms with Gasteiger partial charge in [-0.2, -0.15) is 0 Å². The van der Waals surface area contributed by atoms with Crippen molar-refractivity contribution in [2.75, 3.05) is 5.73 Å². The molecular weight excluding hydrogens is 248 g/mol. The van der Waals surface area contributed by atoms with E-state index < -0.39 is 0 Å². The summed E-state index contributed by atoms with van der Waals surface area (Å²) in [5.41, 5.74) is 6.45. The van der Waals surface area contributed by atoms with E-state index in [9.17, 15) is 4.79 Å². The van der Waals surface area contributed by atoms with Crippen LogP contribution in [-0.4, -0.2) is 24.1 Å². The Hall–Kier alpha value is -2.64. The van der Waals surface area contributed by atoms with Gasteiger partial charge in [0.1, 0.15) is 11.5 Å². The zero-order chi connectivity index (χ0) is 13.6. The minimum Gasteiger partial charge on any atom is -0.446 e. The average molecular weight is 260 g/mol. The molecule has 8 heteroatoms. The normalized spacial score (nSPS) is 11.3. The van der Waals surface area contributed by atoms with Crippen molar-refractivity contribution in [2.24, 2.45) is 0 Å². The fourth-order valence-corrected chi connectivity index (χ4v) is 1.95. The predicted molar refractivity (Wildman–Crippen MR) is 66.7 cm³/mol. The molecule has 0 amide bonds. The molecule has 0 radical (unpaired) electrons. The average Bonchev–Trinajstić information content (AvgIpc) is 2.82. The second-order valence-corrected chi connectivity index (χ2v) is 4.17. The standard InChI is InChI=1S/C11H12N6O2/c1-6-8(14-7(2)19-6)5-16-11(18)17-9(15-16)3-4-13-10(17)12/h3-4H,5H2,1-2H3,(H2,12,13). The summed E-state index contributed by atoms with van der Waals surface area (Å²) in [6, 6.07) is 1.62. The molecule has 3 aromatic heterocycles.